The Hall–Kier alpha value is -5.19. The Balaban J connectivity index is 1.38. The summed E-state index contributed by atoms with van der Waals surface area (Å²) < 4.78 is 14.0. The minimum absolute atomic E-state index is 0.0475. The Kier molecular flexibility index (Phi) is 6.16. The van der Waals surface area contributed by atoms with Crippen LogP contribution in [0.3, 0.4) is 0 Å². The Morgan fingerprint density at radius 1 is 1.05 bits per heavy atom. The summed E-state index contributed by atoms with van der Waals surface area (Å²) in [5.41, 5.74) is 5.33. The van der Waals surface area contributed by atoms with Gasteiger partial charge in [0.15, 0.2) is 11.5 Å². The molecule has 0 fully saturated rings. The molecule has 39 heavy (non-hydrogen) atoms. The number of nitrogens with zero attached hydrogens (tertiary/aromatic N) is 5. The fraction of sp³-hybridized carbons (Fsp3) is 0.143. The SMILES string of the molecule is CCCCC(=O)Nc1cncc(-c2cnc3n[nH]c(-c4nc5c(-c6cc(O)cc(F)c6)nccc5[nH]4)c3c2)c1. The van der Waals surface area contributed by atoms with Crippen molar-refractivity contribution in [3.63, 3.8) is 0 Å². The van der Waals surface area contributed by atoms with Gasteiger partial charge in [-0.05, 0) is 36.8 Å². The van der Waals surface area contributed by atoms with Gasteiger partial charge in [-0.25, -0.2) is 14.4 Å². The number of aromatic nitrogens is 7. The molecule has 0 radical (unpaired) electrons. The lowest BCUT2D eigenvalue weighted by atomic mass is 10.1. The molecular formula is C28H23FN8O2. The van der Waals surface area contributed by atoms with E-state index in [-0.39, 0.29) is 11.7 Å². The number of aromatic hydroxyl groups is 1. The number of rotatable bonds is 7. The molecule has 0 aliphatic heterocycles. The van der Waals surface area contributed by atoms with E-state index in [4.69, 9.17) is 4.98 Å². The summed E-state index contributed by atoms with van der Waals surface area (Å²) >= 11 is 0. The molecule has 194 valence electrons. The summed E-state index contributed by atoms with van der Waals surface area (Å²) in [5, 5.41) is 20.8. The lowest BCUT2D eigenvalue weighted by molar-refractivity contribution is -0.116. The van der Waals surface area contributed by atoms with Gasteiger partial charge in [0.2, 0.25) is 5.91 Å². The molecule has 0 bridgehead atoms. The van der Waals surface area contributed by atoms with Crippen LogP contribution in [0.5, 0.6) is 5.75 Å². The molecule has 10 nitrogen and oxygen atoms in total. The van der Waals surface area contributed by atoms with Crippen LogP contribution in [0.25, 0.3) is 56.0 Å². The summed E-state index contributed by atoms with van der Waals surface area (Å²) in [7, 11) is 0. The molecule has 0 atom stereocenters. The molecule has 6 rings (SSSR count). The largest absolute Gasteiger partial charge is 0.508 e. The quantitative estimate of drug-likeness (QED) is 0.214. The monoisotopic (exact) mass is 522 g/mol. The number of benzene rings is 1. The van der Waals surface area contributed by atoms with Crippen LogP contribution >= 0.6 is 0 Å². The van der Waals surface area contributed by atoms with Gasteiger partial charge in [-0.2, -0.15) is 5.10 Å². The minimum Gasteiger partial charge on any atom is -0.508 e. The number of carbonyl (C=O) groups is 1. The Morgan fingerprint density at radius 2 is 1.92 bits per heavy atom. The first-order chi connectivity index (χ1) is 19.0. The number of hydrogen-bond donors (Lipinski definition) is 4. The molecule has 0 saturated carbocycles. The molecule has 1 aromatic carbocycles. The van der Waals surface area contributed by atoms with Crippen LogP contribution in [0, 0.1) is 5.82 Å². The van der Waals surface area contributed by atoms with Gasteiger partial charge >= 0.3 is 0 Å². The molecule has 0 saturated heterocycles. The lowest BCUT2D eigenvalue weighted by Crippen LogP contribution is -2.11. The molecule has 1 amide bonds. The van der Waals surface area contributed by atoms with E-state index in [2.05, 4.69) is 35.5 Å². The number of H-pyrrole nitrogens is 2. The summed E-state index contributed by atoms with van der Waals surface area (Å²) in [5.74, 6) is -0.321. The van der Waals surface area contributed by atoms with Crippen molar-refractivity contribution >= 4 is 33.7 Å². The molecule has 11 heteroatoms. The van der Waals surface area contributed by atoms with Gasteiger partial charge in [0.25, 0.3) is 0 Å². The van der Waals surface area contributed by atoms with Crippen molar-refractivity contribution in [2.75, 3.05) is 5.32 Å². The second-order valence-electron chi connectivity index (χ2n) is 9.15. The van der Waals surface area contributed by atoms with Gasteiger partial charge in [-0.3, -0.25) is 19.9 Å². The van der Waals surface area contributed by atoms with Crippen LogP contribution < -0.4 is 5.32 Å². The molecule has 5 aromatic heterocycles. The van der Waals surface area contributed by atoms with Gasteiger partial charge in [0.1, 0.15) is 22.8 Å². The van der Waals surface area contributed by atoms with E-state index in [1.165, 1.54) is 12.1 Å². The number of pyridine rings is 3. The van der Waals surface area contributed by atoms with Gasteiger partial charge < -0.3 is 15.4 Å². The number of nitrogens with one attached hydrogen (secondary N) is 3. The second kappa shape index (κ2) is 9.93. The van der Waals surface area contributed by atoms with Crippen molar-refractivity contribution in [3.05, 3.63) is 67.0 Å². The number of unbranched alkanes of at least 4 members (excludes halogenated alkanes) is 1. The van der Waals surface area contributed by atoms with E-state index in [9.17, 15) is 14.3 Å². The van der Waals surface area contributed by atoms with Crippen LogP contribution in [-0.4, -0.2) is 46.1 Å². The van der Waals surface area contributed by atoms with Crippen molar-refractivity contribution < 1.29 is 14.3 Å². The maximum atomic E-state index is 14.0. The lowest BCUT2D eigenvalue weighted by Gasteiger charge is -2.07. The number of phenolic OH excluding ortho intramolecular Hbond substituents is 1. The first-order valence-corrected chi connectivity index (χ1v) is 12.4. The number of fused-ring (bicyclic) bond motifs is 2. The van der Waals surface area contributed by atoms with Crippen LogP contribution in [0.4, 0.5) is 10.1 Å². The second-order valence-corrected chi connectivity index (χ2v) is 9.15. The number of amides is 1. The summed E-state index contributed by atoms with van der Waals surface area (Å²) in [6, 6.07) is 9.32. The fourth-order valence-electron chi connectivity index (χ4n) is 4.44. The van der Waals surface area contributed by atoms with E-state index in [0.29, 0.717) is 51.6 Å². The van der Waals surface area contributed by atoms with Crippen molar-refractivity contribution in [3.8, 4) is 39.7 Å². The summed E-state index contributed by atoms with van der Waals surface area (Å²) in [6.45, 7) is 2.04. The third-order valence-corrected chi connectivity index (χ3v) is 6.32. The smallest absolute Gasteiger partial charge is 0.224 e. The van der Waals surface area contributed by atoms with Crippen LogP contribution in [0.15, 0.2) is 61.2 Å². The number of halogens is 1. The predicted molar refractivity (Wildman–Crippen MR) is 145 cm³/mol. The van der Waals surface area contributed by atoms with Crippen molar-refractivity contribution in [2.45, 2.75) is 26.2 Å². The highest BCUT2D eigenvalue weighted by Crippen LogP contribution is 2.33. The zero-order valence-corrected chi connectivity index (χ0v) is 20.9. The number of phenols is 1. The van der Waals surface area contributed by atoms with E-state index >= 15 is 0 Å². The number of aromatic amines is 2. The van der Waals surface area contributed by atoms with Crippen LogP contribution in [0.2, 0.25) is 0 Å². The van der Waals surface area contributed by atoms with Crippen LogP contribution in [0.1, 0.15) is 26.2 Å². The fourth-order valence-corrected chi connectivity index (χ4v) is 4.44. The summed E-state index contributed by atoms with van der Waals surface area (Å²) in [6.07, 6.45) is 8.84. The first-order valence-electron chi connectivity index (χ1n) is 12.4. The van der Waals surface area contributed by atoms with E-state index in [1.807, 2.05) is 19.1 Å². The maximum absolute atomic E-state index is 14.0. The molecule has 6 aromatic rings. The molecule has 0 unspecified atom stereocenters. The van der Waals surface area contributed by atoms with Gasteiger partial charge in [0.05, 0.1) is 28.5 Å². The van der Waals surface area contributed by atoms with Crippen molar-refractivity contribution in [1.82, 2.24) is 35.1 Å². The number of hydrogen-bond acceptors (Lipinski definition) is 7. The molecule has 4 N–H and O–H groups in total. The Morgan fingerprint density at radius 3 is 2.77 bits per heavy atom. The normalized spacial score (nSPS) is 11.3. The molecule has 0 aliphatic rings. The highest BCUT2D eigenvalue weighted by Gasteiger charge is 2.17. The average molecular weight is 523 g/mol. The zero-order chi connectivity index (χ0) is 26.9. The third kappa shape index (κ3) is 4.77. The number of imidazole rings is 1. The van der Waals surface area contributed by atoms with E-state index in [0.717, 1.165) is 35.4 Å². The van der Waals surface area contributed by atoms with Gasteiger partial charge in [-0.15, -0.1) is 0 Å². The zero-order valence-electron chi connectivity index (χ0n) is 20.9. The Bertz CT molecular complexity index is 1820. The Labute approximate surface area is 221 Å². The first kappa shape index (κ1) is 24.2. The van der Waals surface area contributed by atoms with Crippen molar-refractivity contribution in [2.24, 2.45) is 0 Å². The van der Waals surface area contributed by atoms with E-state index < -0.39 is 5.82 Å². The van der Waals surface area contributed by atoms with Gasteiger partial charge in [-0.1, -0.05) is 13.3 Å². The van der Waals surface area contributed by atoms with Gasteiger partial charge in [0, 0.05) is 47.8 Å². The highest BCUT2D eigenvalue weighted by atomic mass is 19.1. The standard InChI is InChI=1S/C28H23FN8O2/c1-2-3-4-23(39)33-19-8-16(12-30-14-19)17-10-21-25(36-37-27(21)32-13-17)28-34-22-5-6-31-24(26(22)35-28)15-7-18(29)11-20(38)9-15/h5-14,38H,2-4H2,1H3,(H,33,39)(H,34,35)(H,32,36,37). The molecular weight excluding hydrogens is 499 g/mol. The third-order valence-electron chi connectivity index (χ3n) is 6.32. The maximum Gasteiger partial charge on any atom is 0.224 e. The molecule has 5 heterocycles. The topological polar surface area (TPSA) is 145 Å². The average Bonchev–Trinajstić information content (AvgIpc) is 3.55. The predicted octanol–water partition coefficient (Wildman–Crippen LogP) is 5.60. The number of anilines is 1. The molecule has 0 spiro atoms. The minimum atomic E-state index is -0.572. The highest BCUT2D eigenvalue weighted by molar-refractivity contribution is 5.96. The number of carbonyl (C=O) groups excluding carboxylic acids is 1. The van der Waals surface area contributed by atoms with Crippen LogP contribution in [-0.2, 0) is 4.79 Å². The van der Waals surface area contributed by atoms with Crippen molar-refractivity contribution in [1.29, 1.82) is 0 Å². The molecule has 0 aliphatic carbocycles. The van der Waals surface area contributed by atoms with E-state index in [1.54, 1.807) is 30.9 Å². The summed E-state index contributed by atoms with van der Waals surface area (Å²) in [4.78, 5) is 33.3.